The first kappa shape index (κ1) is 10.0. The molecule has 1 aromatic rings. The minimum Gasteiger partial charge on any atom is -0.465 e. The number of hydrogen-bond acceptors (Lipinski definition) is 3. The number of rotatable bonds is 2. The molecule has 0 spiro atoms. The number of para-hydroxylation sites is 1. The first-order valence-corrected chi connectivity index (χ1v) is 3.92. The molecule has 0 aliphatic heterocycles. The number of benzene rings is 1. The molecule has 5 heteroatoms. The van der Waals surface area contributed by atoms with Crippen molar-refractivity contribution in [2.24, 2.45) is 16.5 Å². The lowest BCUT2D eigenvalue weighted by atomic mass is 10.2. The Hall–Kier alpha value is -2.04. The van der Waals surface area contributed by atoms with Crippen LogP contribution >= 0.6 is 0 Å². The molecular formula is C9H11N3O2. The Balaban J connectivity index is 3.16. The number of methoxy groups -OCH3 is 1. The zero-order valence-corrected chi connectivity index (χ0v) is 7.73. The molecule has 14 heavy (non-hydrogen) atoms. The van der Waals surface area contributed by atoms with Crippen molar-refractivity contribution >= 4 is 17.6 Å². The molecule has 1 aromatic carbocycles. The Labute approximate surface area is 81.4 Å². The number of nitrogens with zero attached hydrogens (tertiary/aromatic N) is 1. The second-order valence-electron chi connectivity index (χ2n) is 2.55. The monoisotopic (exact) mass is 193 g/mol. The van der Waals surface area contributed by atoms with Crippen LogP contribution in [-0.4, -0.2) is 19.0 Å². The molecule has 0 bridgehead atoms. The van der Waals surface area contributed by atoms with Crippen LogP contribution in [0.3, 0.4) is 0 Å². The Morgan fingerprint density at radius 1 is 1.36 bits per heavy atom. The van der Waals surface area contributed by atoms with Crippen LogP contribution in [-0.2, 0) is 4.74 Å². The van der Waals surface area contributed by atoms with Gasteiger partial charge in [0, 0.05) is 0 Å². The number of hydrogen-bond donors (Lipinski definition) is 2. The van der Waals surface area contributed by atoms with Gasteiger partial charge in [-0.1, -0.05) is 12.1 Å². The number of ether oxygens (including phenoxy) is 1. The van der Waals surface area contributed by atoms with Crippen molar-refractivity contribution in [2.75, 3.05) is 7.11 Å². The summed E-state index contributed by atoms with van der Waals surface area (Å²) in [4.78, 5) is 15.0. The molecule has 0 saturated heterocycles. The molecule has 4 N–H and O–H groups in total. The number of aliphatic imine (C=N–C) groups is 1. The van der Waals surface area contributed by atoms with E-state index in [1.165, 1.54) is 7.11 Å². The van der Waals surface area contributed by atoms with Crippen LogP contribution in [0.4, 0.5) is 5.69 Å². The molecule has 0 atom stereocenters. The Morgan fingerprint density at radius 2 is 2.00 bits per heavy atom. The molecule has 74 valence electrons. The molecule has 0 radical (unpaired) electrons. The summed E-state index contributed by atoms with van der Waals surface area (Å²) in [7, 11) is 1.30. The third-order valence-corrected chi connectivity index (χ3v) is 1.56. The summed E-state index contributed by atoms with van der Waals surface area (Å²) < 4.78 is 4.57. The lowest BCUT2D eigenvalue weighted by Crippen LogP contribution is -2.22. The summed E-state index contributed by atoms with van der Waals surface area (Å²) in [6.07, 6.45) is 0. The van der Waals surface area contributed by atoms with Gasteiger partial charge in [-0.05, 0) is 12.1 Å². The van der Waals surface area contributed by atoms with Crippen LogP contribution in [0.1, 0.15) is 10.4 Å². The first-order valence-electron chi connectivity index (χ1n) is 3.92. The summed E-state index contributed by atoms with van der Waals surface area (Å²) in [5.41, 5.74) is 11.2. The van der Waals surface area contributed by atoms with Crippen LogP contribution in [0.5, 0.6) is 0 Å². The first-order chi connectivity index (χ1) is 6.65. The van der Waals surface area contributed by atoms with Crippen molar-refractivity contribution in [3.63, 3.8) is 0 Å². The van der Waals surface area contributed by atoms with E-state index in [-0.39, 0.29) is 5.96 Å². The van der Waals surface area contributed by atoms with Gasteiger partial charge >= 0.3 is 5.97 Å². The molecule has 0 aliphatic rings. The highest BCUT2D eigenvalue weighted by molar-refractivity contribution is 5.96. The van der Waals surface area contributed by atoms with E-state index < -0.39 is 5.97 Å². The van der Waals surface area contributed by atoms with Gasteiger partial charge in [-0.2, -0.15) is 0 Å². The molecule has 0 heterocycles. The largest absolute Gasteiger partial charge is 0.465 e. The Bertz CT molecular complexity index is 370. The van der Waals surface area contributed by atoms with Crippen LogP contribution in [0.2, 0.25) is 0 Å². The van der Waals surface area contributed by atoms with Crippen LogP contribution in [0.15, 0.2) is 29.3 Å². The smallest absolute Gasteiger partial charge is 0.340 e. The SMILES string of the molecule is COC(=O)c1ccccc1N=C(N)N. The van der Waals surface area contributed by atoms with Gasteiger partial charge < -0.3 is 16.2 Å². The Kier molecular flexibility index (Phi) is 3.06. The number of carbonyl (C=O) groups excluding carboxylic acids is 1. The molecule has 0 saturated carbocycles. The topological polar surface area (TPSA) is 90.7 Å². The third kappa shape index (κ3) is 2.22. The highest BCUT2D eigenvalue weighted by Crippen LogP contribution is 2.18. The zero-order chi connectivity index (χ0) is 10.6. The predicted octanol–water partition coefficient (Wildman–Crippen LogP) is 0.378. The lowest BCUT2D eigenvalue weighted by molar-refractivity contribution is 0.0602. The summed E-state index contributed by atoms with van der Waals surface area (Å²) in [5, 5.41) is 0. The average Bonchev–Trinajstić information content (AvgIpc) is 2.16. The van der Waals surface area contributed by atoms with Gasteiger partial charge in [-0.3, -0.25) is 0 Å². The van der Waals surface area contributed by atoms with Crippen molar-refractivity contribution < 1.29 is 9.53 Å². The van der Waals surface area contributed by atoms with Crippen LogP contribution in [0, 0.1) is 0 Å². The maximum atomic E-state index is 11.2. The molecular weight excluding hydrogens is 182 g/mol. The number of nitrogens with two attached hydrogens (primary N) is 2. The van der Waals surface area contributed by atoms with Gasteiger partial charge in [0.1, 0.15) is 0 Å². The lowest BCUT2D eigenvalue weighted by Gasteiger charge is -2.02. The number of guanidine groups is 1. The van der Waals surface area contributed by atoms with E-state index in [2.05, 4.69) is 9.73 Å². The quantitative estimate of drug-likeness (QED) is 0.403. The zero-order valence-electron chi connectivity index (χ0n) is 7.73. The second-order valence-corrected chi connectivity index (χ2v) is 2.55. The van der Waals surface area contributed by atoms with E-state index in [0.29, 0.717) is 11.3 Å². The fraction of sp³-hybridized carbons (Fsp3) is 0.111. The highest BCUT2D eigenvalue weighted by Gasteiger charge is 2.09. The van der Waals surface area contributed by atoms with Gasteiger partial charge in [0.25, 0.3) is 0 Å². The molecule has 0 unspecified atom stereocenters. The van der Waals surface area contributed by atoms with E-state index in [1.54, 1.807) is 24.3 Å². The van der Waals surface area contributed by atoms with Gasteiger partial charge in [0.05, 0.1) is 18.4 Å². The number of carbonyl (C=O) groups is 1. The van der Waals surface area contributed by atoms with Crippen molar-refractivity contribution in [3.05, 3.63) is 29.8 Å². The van der Waals surface area contributed by atoms with Crippen molar-refractivity contribution in [1.82, 2.24) is 0 Å². The van der Waals surface area contributed by atoms with Gasteiger partial charge in [-0.25, -0.2) is 9.79 Å². The normalized spacial score (nSPS) is 9.21. The van der Waals surface area contributed by atoms with E-state index in [4.69, 9.17) is 11.5 Å². The second kappa shape index (κ2) is 4.27. The molecule has 0 aromatic heterocycles. The molecule has 5 nitrogen and oxygen atoms in total. The van der Waals surface area contributed by atoms with Gasteiger partial charge in [0.15, 0.2) is 5.96 Å². The minimum absolute atomic E-state index is 0.0960. The van der Waals surface area contributed by atoms with Crippen molar-refractivity contribution in [1.29, 1.82) is 0 Å². The fourth-order valence-electron chi connectivity index (χ4n) is 0.993. The van der Waals surface area contributed by atoms with Crippen molar-refractivity contribution in [2.45, 2.75) is 0 Å². The molecule has 0 amide bonds. The molecule has 0 aliphatic carbocycles. The maximum Gasteiger partial charge on any atom is 0.340 e. The molecule has 1 rings (SSSR count). The third-order valence-electron chi connectivity index (χ3n) is 1.56. The van der Waals surface area contributed by atoms with E-state index in [1.807, 2.05) is 0 Å². The molecule has 0 fully saturated rings. The van der Waals surface area contributed by atoms with Crippen molar-refractivity contribution in [3.8, 4) is 0 Å². The van der Waals surface area contributed by atoms with Crippen LogP contribution < -0.4 is 11.5 Å². The van der Waals surface area contributed by atoms with Gasteiger partial charge in [0.2, 0.25) is 0 Å². The summed E-state index contributed by atoms with van der Waals surface area (Å²) in [6, 6.07) is 6.66. The van der Waals surface area contributed by atoms with Crippen LogP contribution in [0.25, 0.3) is 0 Å². The maximum absolute atomic E-state index is 11.2. The summed E-state index contributed by atoms with van der Waals surface area (Å²) >= 11 is 0. The Morgan fingerprint density at radius 3 is 2.57 bits per heavy atom. The summed E-state index contributed by atoms with van der Waals surface area (Å²) in [5.74, 6) is -0.563. The highest BCUT2D eigenvalue weighted by atomic mass is 16.5. The van der Waals surface area contributed by atoms with E-state index in [0.717, 1.165) is 0 Å². The van der Waals surface area contributed by atoms with E-state index >= 15 is 0 Å². The number of esters is 1. The predicted molar refractivity (Wildman–Crippen MR) is 53.3 cm³/mol. The minimum atomic E-state index is -0.467. The fourth-order valence-corrected chi connectivity index (χ4v) is 0.993. The van der Waals surface area contributed by atoms with E-state index in [9.17, 15) is 4.79 Å². The summed E-state index contributed by atoms with van der Waals surface area (Å²) in [6.45, 7) is 0. The average molecular weight is 193 g/mol. The van der Waals surface area contributed by atoms with Gasteiger partial charge in [-0.15, -0.1) is 0 Å². The standard InChI is InChI=1S/C9H11N3O2/c1-14-8(13)6-4-2-3-5-7(6)12-9(10)11/h2-5H,1H3,(H4,10,11,12).